The van der Waals surface area contributed by atoms with E-state index in [4.69, 9.17) is 0 Å². The number of fused-ring (bicyclic) bond motifs is 1. The Morgan fingerprint density at radius 2 is 2.06 bits per heavy atom. The molecule has 0 spiro atoms. The van der Waals surface area contributed by atoms with Gasteiger partial charge in [-0.3, -0.25) is 4.79 Å². The molecule has 0 aliphatic rings. The summed E-state index contributed by atoms with van der Waals surface area (Å²) in [7, 11) is 0. The molecule has 2 nitrogen and oxygen atoms in total. The molecule has 0 radical (unpaired) electrons. The molecule has 1 N–H and O–H groups in total. The molecular formula is C12H10F3NO. The highest BCUT2D eigenvalue weighted by Crippen LogP contribution is 2.34. The molecule has 1 heterocycles. The van der Waals surface area contributed by atoms with E-state index in [2.05, 4.69) is 4.98 Å². The Hall–Kier alpha value is -1.78. The lowest BCUT2D eigenvalue weighted by atomic mass is 10.1. The zero-order valence-corrected chi connectivity index (χ0v) is 9.06. The Kier molecular flexibility index (Phi) is 2.69. The number of benzene rings is 1. The van der Waals surface area contributed by atoms with Gasteiger partial charge in [-0.15, -0.1) is 0 Å². The van der Waals surface area contributed by atoms with Gasteiger partial charge in [0.25, 0.3) is 0 Å². The predicted octanol–water partition coefficient (Wildman–Crippen LogP) is 3.32. The van der Waals surface area contributed by atoms with Gasteiger partial charge in [-0.2, -0.15) is 13.2 Å². The Balaban J connectivity index is 2.57. The summed E-state index contributed by atoms with van der Waals surface area (Å²) in [4.78, 5) is 13.6. The SMILES string of the molecule is CC(=O)Cc1cc2cccc(C(F)(F)F)c2[nH]1. The summed E-state index contributed by atoms with van der Waals surface area (Å²) < 4.78 is 38.1. The molecule has 0 amide bonds. The van der Waals surface area contributed by atoms with Crippen LogP contribution in [-0.4, -0.2) is 10.8 Å². The van der Waals surface area contributed by atoms with Crippen LogP contribution in [0.3, 0.4) is 0 Å². The fourth-order valence-electron chi connectivity index (χ4n) is 1.81. The van der Waals surface area contributed by atoms with E-state index in [9.17, 15) is 18.0 Å². The third kappa shape index (κ3) is 2.33. The number of para-hydroxylation sites is 1. The Bertz CT molecular complexity index is 569. The minimum Gasteiger partial charge on any atom is -0.358 e. The predicted molar refractivity (Wildman–Crippen MR) is 57.7 cm³/mol. The van der Waals surface area contributed by atoms with Gasteiger partial charge in [0, 0.05) is 17.5 Å². The average Bonchev–Trinajstić information content (AvgIpc) is 2.55. The molecule has 5 heteroatoms. The first-order chi connectivity index (χ1) is 7.88. The van der Waals surface area contributed by atoms with Crippen molar-refractivity contribution < 1.29 is 18.0 Å². The number of ketones is 1. The van der Waals surface area contributed by atoms with Gasteiger partial charge in [0.05, 0.1) is 11.1 Å². The summed E-state index contributed by atoms with van der Waals surface area (Å²) >= 11 is 0. The van der Waals surface area contributed by atoms with Crippen molar-refractivity contribution in [1.82, 2.24) is 4.98 Å². The fourth-order valence-corrected chi connectivity index (χ4v) is 1.81. The molecule has 1 aromatic heterocycles. The van der Waals surface area contributed by atoms with Crippen LogP contribution < -0.4 is 0 Å². The van der Waals surface area contributed by atoms with Crippen LogP contribution in [0.4, 0.5) is 13.2 Å². The lowest BCUT2D eigenvalue weighted by Gasteiger charge is -2.07. The van der Waals surface area contributed by atoms with Crippen LogP contribution in [0.2, 0.25) is 0 Å². The van der Waals surface area contributed by atoms with Crippen molar-refractivity contribution in [2.75, 3.05) is 0 Å². The van der Waals surface area contributed by atoms with Crippen molar-refractivity contribution in [1.29, 1.82) is 0 Å². The molecular weight excluding hydrogens is 231 g/mol. The number of nitrogens with one attached hydrogen (secondary N) is 1. The molecule has 0 atom stereocenters. The van der Waals surface area contributed by atoms with Gasteiger partial charge in [-0.05, 0) is 19.1 Å². The van der Waals surface area contributed by atoms with E-state index < -0.39 is 11.7 Å². The van der Waals surface area contributed by atoms with Crippen molar-refractivity contribution in [2.24, 2.45) is 0 Å². The van der Waals surface area contributed by atoms with Gasteiger partial charge >= 0.3 is 6.18 Å². The first kappa shape index (κ1) is 11.7. The number of H-pyrrole nitrogens is 1. The molecule has 0 bridgehead atoms. The number of Topliss-reactive ketones (excluding diaryl/α,β-unsaturated/α-hetero) is 1. The molecule has 1 aromatic carbocycles. The number of hydrogen-bond acceptors (Lipinski definition) is 1. The van der Waals surface area contributed by atoms with Crippen LogP contribution in [-0.2, 0) is 17.4 Å². The second-order valence-corrected chi connectivity index (χ2v) is 3.94. The Labute approximate surface area is 95.4 Å². The summed E-state index contributed by atoms with van der Waals surface area (Å²) in [5, 5.41) is 0.469. The third-order valence-corrected chi connectivity index (χ3v) is 2.46. The lowest BCUT2D eigenvalue weighted by Crippen LogP contribution is -2.05. The minimum absolute atomic E-state index is 0.0382. The number of aromatic nitrogens is 1. The van der Waals surface area contributed by atoms with Crippen molar-refractivity contribution >= 4 is 16.7 Å². The molecule has 17 heavy (non-hydrogen) atoms. The quantitative estimate of drug-likeness (QED) is 0.859. The van der Waals surface area contributed by atoms with E-state index in [0.717, 1.165) is 6.07 Å². The largest absolute Gasteiger partial charge is 0.418 e. The fraction of sp³-hybridized carbons (Fsp3) is 0.250. The maximum absolute atomic E-state index is 12.7. The molecule has 0 unspecified atom stereocenters. The van der Waals surface area contributed by atoms with Crippen LogP contribution in [0.5, 0.6) is 0 Å². The Morgan fingerprint density at radius 3 is 2.65 bits per heavy atom. The molecule has 0 aliphatic carbocycles. The second kappa shape index (κ2) is 3.91. The third-order valence-electron chi connectivity index (χ3n) is 2.46. The van der Waals surface area contributed by atoms with Gasteiger partial charge in [-0.1, -0.05) is 12.1 Å². The monoisotopic (exact) mass is 241 g/mol. The van der Waals surface area contributed by atoms with Gasteiger partial charge in [-0.25, -0.2) is 0 Å². The highest BCUT2D eigenvalue weighted by Gasteiger charge is 2.33. The second-order valence-electron chi connectivity index (χ2n) is 3.94. The molecule has 0 saturated carbocycles. The van der Waals surface area contributed by atoms with E-state index in [1.165, 1.54) is 13.0 Å². The number of carbonyl (C=O) groups excluding carboxylic acids is 1. The molecule has 0 fully saturated rings. The smallest absolute Gasteiger partial charge is 0.358 e. The maximum atomic E-state index is 12.7. The summed E-state index contributed by atoms with van der Waals surface area (Å²) in [5.74, 6) is -0.0925. The summed E-state index contributed by atoms with van der Waals surface area (Å²) in [6.45, 7) is 1.40. The van der Waals surface area contributed by atoms with Crippen LogP contribution >= 0.6 is 0 Å². The summed E-state index contributed by atoms with van der Waals surface area (Å²) in [5.41, 5.74) is -0.162. The molecule has 0 saturated heterocycles. The molecule has 2 aromatic rings. The topological polar surface area (TPSA) is 32.9 Å². The summed E-state index contributed by atoms with van der Waals surface area (Å²) in [6, 6.07) is 5.55. The van der Waals surface area contributed by atoms with Gasteiger partial charge in [0.15, 0.2) is 0 Å². The number of alkyl halides is 3. The highest BCUT2D eigenvalue weighted by molar-refractivity contribution is 5.86. The van der Waals surface area contributed by atoms with E-state index in [0.29, 0.717) is 11.1 Å². The van der Waals surface area contributed by atoms with Crippen molar-refractivity contribution in [2.45, 2.75) is 19.5 Å². The molecule has 0 aliphatic heterocycles. The zero-order chi connectivity index (χ0) is 12.6. The van der Waals surface area contributed by atoms with Crippen molar-refractivity contribution in [3.8, 4) is 0 Å². The van der Waals surface area contributed by atoms with Gasteiger partial charge < -0.3 is 4.98 Å². The van der Waals surface area contributed by atoms with Crippen LogP contribution in [0.25, 0.3) is 10.9 Å². The number of rotatable bonds is 2. The number of hydrogen-bond donors (Lipinski definition) is 1. The van der Waals surface area contributed by atoms with Gasteiger partial charge in [0.2, 0.25) is 0 Å². The van der Waals surface area contributed by atoms with E-state index in [1.54, 1.807) is 12.1 Å². The normalized spacial score (nSPS) is 12.0. The van der Waals surface area contributed by atoms with Crippen molar-refractivity contribution in [3.63, 3.8) is 0 Å². The average molecular weight is 241 g/mol. The van der Waals surface area contributed by atoms with E-state index in [1.807, 2.05) is 0 Å². The van der Waals surface area contributed by atoms with Gasteiger partial charge in [0.1, 0.15) is 5.78 Å². The first-order valence-corrected chi connectivity index (χ1v) is 5.05. The van der Waals surface area contributed by atoms with Crippen LogP contribution in [0, 0.1) is 0 Å². The zero-order valence-electron chi connectivity index (χ0n) is 9.06. The molecule has 2 rings (SSSR count). The lowest BCUT2D eigenvalue weighted by molar-refractivity contribution is -0.136. The minimum atomic E-state index is -4.39. The highest BCUT2D eigenvalue weighted by atomic mass is 19.4. The Morgan fingerprint density at radius 1 is 1.35 bits per heavy atom. The molecule has 90 valence electrons. The first-order valence-electron chi connectivity index (χ1n) is 5.05. The van der Waals surface area contributed by atoms with Crippen LogP contribution in [0.1, 0.15) is 18.2 Å². The number of carbonyl (C=O) groups is 1. The summed E-state index contributed by atoms with van der Waals surface area (Å²) in [6.07, 6.45) is -4.27. The number of aromatic amines is 1. The number of halogens is 3. The van der Waals surface area contributed by atoms with E-state index in [-0.39, 0.29) is 17.7 Å². The van der Waals surface area contributed by atoms with Crippen molar-refractivity contribution in [3.05, 3.63) is 35.5 Å². The van der Waals surface area contributed by atoms with Crippen LogP contribution in [0.15, 0.2) is 24.3 Å². The standard InChI is InChI=1S/C12H10F3NO/c1-7(17)5-9-6-8-3-2-4-10(11(8)16-9)12(13,14)15/h2-4,6,16H,5H2,1H3. The maximum Gasteiger partial charge on any atom is 0.418 e. The van der Waals surface area contributed by atoms with E-state index >= 15 is 0 Å².